The van der Waals surface area contributed by atoms with Crippen LogP contribution in [0.15, 0.2) is 53.1 Å². The Balaban J connectivity index is 1.35. The van der Waals surface area contributed by atoms with Crippen molar-refractivity contribution >= 4 is 16.9 Å². The molecule has 3 aliphatic heterocycles. The lowest BCUT2D eigenvalue weighted by Crippen LogP contribution is -2.44. The number of piperidine rings is 1. The number of amides is 1. The van der Waals surface area contributed by atoms with Crippen molar-refractivity contribution in [2.24, 2.45) is 5.92 Å². The topological polar surface area (TPSA) is 49.6 Å². The second-order valence-corrected chi connectivity index (χ2v) is 8.17. The van der Waals surface area contributed by atoms with E-state index in [0.29, 0.717) is 12.0 Å². The van der Waals surface area contributed by atoms with Crippen molar-refractivity contribution in [3.63, 3.8) is 0 Å². The lowest BCUT2D eigenvalue weighted by molar-refractivity contribution is 0.0735. The number of carbonyl (C=O) groups excluding carboxylic acids is 1. The average Bonchev–Trinajstić information content (AvgIpc) is 2.86. The third-order valence-electron chi connectivity index (χ3n) is 6.09. The maximum absolute atomic E-state index is 13.3. The van der Waals surface area contributed by atoms with Gasteiger partial charge in [0.2, 0.25) is 0 Å². The monoisotopic (exact) mass is 375 g/mol. The van der Waals surface area contributed by atoms with E-state index in [-0.39, 0.29) is 5.91 Å². The molecular weight excluding hydrogens is 350 g/mol. The van der Waals surface area contributed by atoms with E-state index in [9.17, 15) is 4.79 Å². The van der Waals surface area contributed by atoms with E-state index < -0.39 is 0 Å². The standard InChI is InChI=1S/C23H25N3O2/c1-16-10-19-11-18(6-8-22(19)28-16)23(27)26-13-17-5-7-21(15-26)25(12-17)14-20-4-2-3-9-24-20/h2-4,6,8-11,17,21H,5,7,12-15H2,1H3/t17-,21-/m1/s1. The molecule has 2 aromatic heterocycles. The number of hydrogen-bond acceptors (Lipinski definition) is 4. The molecule has 3 aliphatic rings. The van der Waals surface area contributed by atoms with Crippen LogP contribution in [0.25, 0.3) is 11.0 Å². The molecule has 0 aliphatic carbocycles. The van der Waals surface area contributed by atoms with Gasteiger partial charge in [0, 0.05) is 49.4 Å². The number of aryl methyl sites for hydroxylation is 1. The lowest BCUT2D eigenvalue weighted by atomic mass is 9.95. The summed E-state index contributed by atoms with van der Waals surface area (Å²) in [6, 6.07) is 14.3. The summed E-state index contributed by atoms with van der Waals surface area (Å²) in [4.78, 5) is 22.3. The first-order chi connectivity index (χ1) is 13.7. The predicted octanol–water partition coefficient (Wildman–Crippen LogP) is 3.87. The number of fused-ring (bicyclic) bond motifs is 5. The van der Waals surface area contributed by atoms with Crippen molar-refractivity contribution < 1.29 is 9.21 Å². The second-order valence-electron chi connectivity index (χ2n) is 8.17. The highest BCUT2D eigenvalue weighted by atomic mass is 16.3. The molecule has 0 spiro atoms. The van der Waals surface area contributed by atoms with E-state index in [4.69, 9.17) is 4.42 Å². The number of pyridine rings is 1. The molecule has 5 nitrogen and oxygen atoms in total. The molecule has 0 saturated carbocycles. The summed E-state index contributed by atoms with van der Waals surface area (Å²) in [5, 5.41) is 0.998. The van der Waals surface area contributed by atoms with E-state index >= 15 is 0 Å². The minimum absolute atomic E-state index is 0.136. The molecule has 3 aromatic rings. The minimum atomic E-state index is 0.136. The van der Waals surface area contributed by atoms with Gasteiger partial charge in [0.1, 0.15) is 11.3 Å². The third-order valence-corrected chi connectivity index (χ3v) is 6.09. The Morgan fingerprint density at radius 2 is 2.07 bits per heavy atom. The van der Waals surface area contributed by atoms with Gasteiger partial charge in [-0.25, -0.2) is 0 Å². The Morgan fingerprint density at radius 3 is 2.93 bits per heavy atom. The maximum Gasteiger partial charge on any atom is 0.253 e. The van der Waals surface area contributed by atoms with Crippen LogP contribution in [0.2, 0.25) is 0 Å². The van der Waals surface area contributed by atoms with Gasteiger partial charge in [-0.05, 0) is 62.1 Å². The summed E-state index contributed by atoms with van der Waals surface area (Å²) in [5.74, 6) is 1.54. The van der Waals surface area contributed by atoms with Crippen LogP contribution in [0, 0.1) is 12.8 Å². The fraction of sp³-hybridized carbons (Fsp3) is 0.391. The molecule has 6 rings (SSSR count). The van der Waals surface area contributed by atoms with Crippen LogP contribution < -0.4 is 0 Å². The van der Waals surface area contributed by atoms with Crippen molar-refractivity contribution in [2.45, 2.75) is 32.4 Å². The summed E-state index contributed by atoms with van der Waals surface area (Å²) >= 11 is 0. The van der Waals surface area contributed by atoms with Gasteiger partial charge >= 0.3 is 0 Å². The van der Waals surface area contributed by atoms with Gasteiger partial charge in [-0.2, -0.15) is 0 Å². The van der Waals surface area contributed by atoms with Crippen molar-refractivity contribution in [3.05, 3.63) is 65.7 Å². The largest absolute Gasteiger partial charge is 0.461 e. The summed E-state index contributed by atoms with van der Waals surface area (Å²) in [6.07, 6.45) is 4.21. The Hall–Kier alpha value is -2.66. The highest BCUT2D eigenvalue weighted by Crippen LogP contribution is 2.30. The zero-order valence-corrected chi connectivity index (χ0v) is 16.2. The summed E-state index contributed by atoms with van der Waals surface area (Å²) in [6.45, 7) is 5.49. The zero-order chi connectivity index (χ0) is 19.1. The fourth-order valence-corrected chi connectivity index (χ4v) is 4.73. The molecule has 1 amide bonds. The Bertz CT molecular complexity index is 998. The average molecular weight is 375 g/mol. The van der Waals surface area contributed by atoms with Crippen molar-refractivity contribution in [1.29, 1.82) is 0 Å². The lowest BCUT2D eigenvalue weighted by Gasteiger charge is -2.35. The third kappa shape index (κ3) is 3.31. The molecule has 28 heavy (non-hydrogen) atoms. The number of benzene rings is 1. The van der Waals surface area contributed by atoms with Crippen molar-refractivity contribution in [1.82, 2.24) is 14.8 Å². The van der Waals surface area contributed by atoms with Crippen LogP contribution in [0.1, 0.15) is 34.7 Å². The highest BCUT2D eigenvalue weighted by Gasteiger charge is 2.36. The van der Waals surface area contributed by atoms with Gasteiger partial charge in [-0.15, -0.1) is 0 Å². The molecule has 0 N–H and O–H groups in total. The van der Waals surface area contributed by atoms with E-state index in [1.54, 1.807) is 0 Å². The molecule has 5 heterocycles. The van der Waals surface area contributed by atoms with Gasteiger partial charge in [0.05, 0.1) is 5.69 Å². The second kappa shape index (κ2) is 7.06. The van der Waals surface area contributed by atoms with E-state index in [0.717, 1.165) is 60.6 Å². The van der Waals surface area contributed by atoms with Crippen LogP contribution in [0.5, 0.6) is 0 Å². The fourth-order valence-electron chi connectivity index (χ4n) is 4.73. The van der Waals surface area contributed by atoms with E-state index in [2.05, 4.69) is 20.9 Å². The first-order valence-electron chi connectivity index (χ1n) is 10.1. The molecule has 3 fully saturated rings. The molecule has 3 saturated heterocycles. The quantitative estimate of drug-likeness (QED) is 0.697. The number of nitrogens with zero attached hydrogens (tertiary/aromatic N) is 3. The molecule has 2 bridgehead atoms. The van der Waals surface area contributed by atoms with Gasteiger partial charge in [-0.1, -0.05) is 6.07 Å². The number of aromatic nitrogens is 1. The number of furan rings is 1. The number of rotatable bonds is 3. The zero-order valence-electron chi connectivity index (χ0n) is 16.2. The maximum atomic E-state index is 13.3. The molecule has 0 radical (unpaired) electrons. The molecular formula is C23H25N3O2. The highest BCUT2D eigenvalue weighted by molar-refractivity contribution is 5.98. The Kier molecular flexibility index (Phi) is 4.40. The minimum Gasteiger partial charge on any atom is -0.461 e. The van der Waals surface area contributed by atoms with Crippen molar-refractivity contribution in [3.8, 4) is 0 Å². The molecule has 0 unspecified atom stereocenters. The number of carbonyl (C=O) groups is 1. The molecule has 2 atom stereocenters. The van der Waals surface area contributed by atoms with Gasteiger partial charge < -0.3 is 9.32 Å². The van der Waals surface area contributed by atoms with Gasteiger partial charge in [-0.3, -0.25) is 14.7 Å². The normalized spacial score (nSPS) is 22.5. The van der Waals surface area contributed by atoms with Gasteiger partial charge in [0.25, 0.3) is 5.91 Å². The smallest absolute Gasteiger partial charge is 0.253 e. The van der Waals surface area contributed by atoms with Crippen LogP contribution in [0.3, 0.4) is 0 Å². The van der Waals surface area contributed by atoms with Crippen LogP contribution in [0.4, 0.5) is 0 Å². The van der Waals surface area contributed by atoms with E-state index in [1.165, 1.54) is 6.42 Å². The SMILES string of the molecule is Cc1cc2cc(C(=O)N3C[C@@H]4CC[C@H](C3)N(Cc3ccccn3)C4)ccc2o1. The summed E-state index contributed by atoms with van der Waals surface area (Å²) in [7, 11) is 0. The van der Waals surface area contributed by atoms with Crippen LogP contribution in [-0.4, -0.2) is 46.4 Å². The predicted molar refractivity (Wildman–Crippen MR) is 108 cm³/mol. The summed E-state index contributed by atoms with van der Waals surface area (Å²) < 4.78 is 5.65. The number of hydrogen-bond donors (Lipinski definition) is 0. The van der Waals surface area contributed by atoms with Crippen LogP contribution in [-0.2, 0) is 6.54 Å². The van der Waals surface area contributed by atoms with Crippen molar-refractivity contribution in [2.75, 3.05) is 19.6 Å². The van der Waals surface area contributed by atoms with E-state index in [1.807, 2.05) is 49.5 Å². The Labute approximate surface area is 165 Å². The summed E-state index contributed by atoms with van der Waals surface area (Å²) in [5.41, 5.74) is 2.70. The molecule has 1 aromatic carbocycles. The first-order valence-corrected chi connectivity index (χ1v) is 10.1. The molecule has 5 heteroatoms. The Morgan fingerprint density at radius 1 is 1.14 bits per heavy atom. The van der Waals surface area contributed by atoms with Gasteiger partial charge in [0.15, 0.2) is 0 Å². The molecule has 144 valence electrons. The first kappa shape index (κ1) is 17.4. The van der Waals surface area contributed by atoms with Crippen LogP contribution >= 0.6 is 0 Å².